The van der Waals surface area contributed by atoms with Gasteiger partial charge in [0, 0.05) is 19.3 Å². The fraction of sp³-hybridized carbons (Fsp3) is 0.597. The highest BCUT2D eigenvalue weighted by atomic mass is 31.2. The first-order valence-corrected chi connectivity index (χ1v) is 33.9. The number of carbonyl (C=O) groups excluding carboxylic acids is 3. The van der Waals surface area contributed by atoms with Gasteiger partial charge in [0.05, 0.1) is 19.8 Å². The van der Waals surface area contributed by atoms with Gasteiger partial charge in [0.2, 0.25) is 0 Å². The van der Waals surface area contributed by atoms with E-state index >= 15 is 0 Å². The number of aliphatic hydroxyl groups excluding tert-OH is 1. The highest BCUT2D eigenvalue weighted by molar-refractivity contribution is 7.47. The molecule has 474 valence electrons. The van der Waals surface area contributed by atoms with Crippen LogP contribution in [0.4, 0.5) is 0 Å². The molecule has 11 nitrogen and oxygen atoms in total. The second-order valence-corrected chi connectivity index (χ2v) is 22.3. The summed E-state index contributed by atoms with van der Waals surface area (Å²) in [5, 5.41) is 9.86. The van der Waals surface area contributed by atoms with Crippen molar-refractivity contribution in [3.8, 4) is 0 Å². The lowest BCUT2D eigenvalue weighted by Gasteiger charge is -2.21. The van der Waals surface area contributed by atoms with Crippen LogP contribution in [0.3, 0.4) is 0 Å². The summed E-state index contributed by atoms with van der Waals surface area (Å²) in [5.74, 6) is -1.57. The van der Waals surface area contributed by atoms with Crippen LogP contribution in [0.5, 0.6) is 0 Å². The summed E-state index contributed by atoms with van der Waals surface area (Å²) >= 11 is 0. The smallest absolute Gasteiger partial charge is 0.462 e. The second kappa shape index (κ2) is 64.1. The van der Waals surface area contributed by atoms with Crippen molar-refractivity contribution < 1.29 is 52.2 Å². The number of aliphatic hydroxyl groups is 1. The molecule has 0 aromatic heterocycles. The average Bonchev–Trinajstić information content (AvgIpc) is 3.54. The Morgan fingerprint density at radius 2 is 0.619 bits per heavy atom. The number of unbranched alkanes of at least 4 members (excludes halogenated alkanes) is 15. The van der Waals surface area contributed by atoms with Gasteiger partial charge in [0.25, 0.3) is 0 Å². The van der Waals surface area contributed by atoms with Crippen LogP contribution in [0.15, 0.2) is 158 Å². The molecule has 0 radical (unpaired) electrons. The molecule has 0 aromatic rings. The van der Waals surface area contributed by atoms with Gasteiger partial charge in [-0.1, -0.05) is 230 Å². The van der Waals surface area contributed by atoms with Gasteiger partial charge in [-0.15, -0.1) is 0 Å². The Bertz CT molecular complexity index is 2020. The van der Waals surface area contributed by atoms with E-state index in [0.29, 0.717) is 19.3 Å². The van der Waals surface area contributed by atoms with Crippen molar-refractivity contribution in [2.45, 2.75) is 251 Å². The lowest BCUT2D eigenvalue weighted by Crippen LogP contribution is -2.30. The van der Waals surface area contributed by atoms with Crippen LogP contribution in [0, 0.1) is 0 Å². The van der Waals surface area contributed by atoms with Crippen molar-refractivity contribution >= 4 is 25.7 Å². The molecule has 2 N–H and O–H groups in total. The Labute approximate surface area is 511 Å². The molecule has 0 heterocycles. The summed E-state index contributed by atoms with van der Waals surface area (Å²) in [6, 6.07) is 0. The summed E-state index contributed by atoms with van der Waals surface area (Å²) in [4.78, 5) is 48.8. The van der Waals surface area contributed by atoms with Gasteiger partial charge < -0.3 is 24.2 Å². The van der Waals surface area contributed by atoms with Crippen molar-refractivity contribution in [3.63, 3.8) is 0 Å². The summed E-state index contributed by atoms with van der Waals surface area (Å²) in [5.41, 5.74) is 0. The summed E-state index contributed by atoms with van der Waals surface area (Å²) in [6.07, 6.45) is 84.7. The van der Waals surface area contributed by atoms with Crippen molar-refractivity contribution in [1.82, 2.24) is 0 Å². The van der Waals surface area contributed by atoms with E-state index in [-0.39, 0.29) is 25.9 Å². The van der Waals surface area contributed by atoms with E-state index in [2.05, 4.69) is 179 Å². The Balaban J connectivity index is 4.85. The molecule has 0 spiro atoms. The maximum Gasteiger partial charge on any atom is 0.472 e. The van der Waals surface area contributed by atoms with Crippen LogP contribution in [0.25, 0.3) is 0 Å². The molecule has 0 saturated heterocycles. The minimum Gasteiger partial charge on any atom is -0.462 e. The third-order valence-electron chi connectivity index (χ3n) is 12.9. The topological polar surface area (TPSA) is 155 Å². The third kappa shape index (κ3) is 61.7. The van der Waals surface area contributed by atoms with Crippen molar-refractivity contribution in [2.75, 3.05) is 26.4 Å². The fourth-order valence-corrected chi connectivity index (χ4v) is 8.85. The Kier molecular flexibility index (Phi) is 60.4. The largest absolute Gasteiger partial charge is 0.472 e. The summed E-state index contributed by atoms with van der Waals surface area (Å²) in [6.45, 7) is 4.30. The van der Waals surface area contributed by atoms with Gasteiger partial charge in [-0.05, 0) is 148 Å². The Hall–Kier alpha value is -4.90. The fourth-order valence-electron chi connectivity index (χ4n) is 8.06. The SMILES string of the molecule is CC/C=C\C/C=C\C/C=C\C/C=C\C/C=C\CCCCCC(=O)OC(CO)COP(=O)(O)OCC(COC(=O)CCCCCCCC/C=C\C/C=C\C/C=C\CCCCC)OC(=O)CCCCC/C=C\C/C=C\C/C=C\C/C=C\C/C=C\CC. The molecule has 0 aliphatic rings. The van der Waals surface area contributed by atoms with Gasteiger partial charge in [-0.3, -0.25) is 23.4 Å². The molecular weight excluding hydrogens is 1070 g/mol. The molecule has 0 fully saturated rings. The number of carbonyl (C=O) groups is 3. The number of hydrogen-bond donors (Lipinski definition) is 2. The number of phosphoric acid groups is 1. The van der Waals surface area contributed by atoms with Crippen LogP contribution in [-0.4, -0.2) is 66.5 Å². The first-order chi connectivity index (χ1) is 41.2. The Morgan fingerprint density at radius 3 is 0.964 bits per heavy atom. The molecule has 3 atom stereocenters. The van der Waals surface area contributed by atoms with Gasteiger partial charge >= 0.3 is 25.7 Å². The monoisotopic (exact) mass is 1190 g/mol. The minimum atomic E-state index is -4.79. The van der Waals surface area contributed by atoms with Gasteiger partial charge in [0.1, 0.15) is 12.7 Å². The molecule has 0 aliphatic carbocycles. The van der Waals surface area contributed by atoms with Crippen LogP contribution in [0.2, 0.25) is 0 Å². The number of rotatable bonds is 58. The van der Waals surface area contributed by atoms with E-state index < -0.39 is 57.8 Å². The van der Waals surface area contributed by atoms with Crippen molar-refractivity contribution in [2.24, 2.45) is 0 Å². The van der Waals surface area contributed by atoms with E-state index in [1.807, 2.05) is 0 Å². The van der Waals surface area contributed by atoms with E-state index in [4.69, 9.17) is 23.3 Å². The summed E-state index contributed by atoms with van der Waals surface area (Å²) in [7, 11) is -4.79. The standard InChI is InChI=1S/C72H115O11P/c1-4-7-10-13-16-19-22-25-28-31-34-37-40-43-46-49-52-55-58-61-70(74)79-65-69(83-72(76)63-60-57-54-51-48-45-42-39-36-33-30-27-24-21-18-15-12-9-6-3)67-81-84(77,78)80-66-68(64-73)82-71(75)62-59-56-53-50-47-44-41-38-35-32-29-26-23-20-17-14-11-8-5-2/h8-9,11-12,16-21,25-30,34-39,44-45,47-48,68-69,73H,4-7,10,13-15,22-24,31-33,40-43,46,49-67H2,1-3H3,(H,77,78)/b11-8-,12-9-,19-16-,20-17-,21-18-,28-25-,29-26-,30-27-,37-34-,38-35-,39-36-,47-44-,48-45-. The highest BCUT2D eigenvalue weighted by Gasteiger charge is 2.28. The maximum atomic E-state index is 13.0. The average molecular weight is 1190 g/mol. The zero-order valence-corrected chi connectivity index (χ0v) is 53.4. The molecule has 0 amide bonds. The number of phosphoric ester groups is 1. The molecular formula is C72H115O11P. The van der Waals surface area contributed by atoms with Crippen molar-refractivity contribution in [3.05, 3.63) is 158 Å². The minimum absolute atomic E-state index is 0.113. The zero-order valence-electron chi connectivity index (χ0n) is 52.6. The van der Waals surface area contributed by atoms with Gasteiger partial charge in [-0.2, -0.15) is 0 Å². The van der Waals surface area contributed by atoms with Crippen molar-refractivity contribution in [1.29, 1.82) is 0 Å². The number of hydrogen-bond acceptors (Lipinski definition) is 10. The van der Waals surface area contributed by atoms with E-state index in [9.17, 15) is 28.9 Å². The first-order valence-electron chi connectivity index (χ1n) is 32.4. The second-order valence-electron chi connectivity index (χ2n) is 20.8. The number of ether oxygens (including phenoxy) is 3. The van der Waals surface area contributed by atoms with Crippen LogP contribution in [-0.2, 0) is 42.2 Å². The molecule has 0 aromatic carbocycles. The first kappa shape index (κ1) is 79.1. The lowest BCUT2D eigenvalue weighted by molar-refractivity contribution is -0.161. The molecule has 12 heteroatoms. The van der Waals surface area contributed by atoms with Crippen LogP contribution in [0.1, 0.15) is 239 Å². The quantitative estimate of drug-likeness (QED) is 0.0197. The van der Waals surface area contributed by atoms with Gasteiger partial charge in [0.15, 0.2) is 6.10 Å². The molecule has 0 bridgehead atoms. The lowest BCUT2D eigenvalue weighted by atomic mass is 10.1. The number of esters is 3. The maximum absolute atomic E-state index is 13.0. The third-order valence-corrected chi connectivity index (χ3v) is 13.9. The zero-order chi connectivity index (χ0) is 61.2. The van der Waals surface area contributed by atoms with E-state index in [0.717, 1.165) is 154 Å². The van der Waals surface area contributed by atoms with Gasteiger partial charge in [-0.25, -0.2) is 4.57 Å². The predicted octanol–water partition coefficient (Wildman–Crippen LogP) is 20.0. The molecule has 0 saturated carbocycles. The number of allylic oxidation sites excluding steroid dienone is 26. The van der Waals surface area contributed by atoms with E-state index in [1.54, 1.807) is 0 Å². The Morgan fingerprint density at radius 1 is 0.345 bits per heavy atom. The van der Waals surface area contributed by atoms with Crippen LogP contribution < -0.4 is 0 Å². The van der Waals surface area contributed by atoms with Crippen LogP contribution >= 0.6 is 7.82 Å². The molecule has 0 aliphatic heterocycles. The highest BCUT2D eigenvalue weighted by Crippen LogP contribution is 2.43. The normalized spacial score (nSPS) is 14.3. The molecule has 0 rings (SSSR count). The predicted molar refractivity (Wildman–Crippen MR) is 352 cm³/mol. The molecule has 84 heavy (non-hydrogen) atoms. The summed E-state index contributed by atoms with van der Waals surface area (Å²) < 4.78 is 39.6. The van der Waals surface area contributed by atoms with E-state index in [1.165, 1.54) is 25.7 Å². The molecule has 3 unspecified atom stereocenters.